The Labute approximate surface area is 279 Å². The van der Waals surface area contributed by atoms with Gasteiger partial charge in [-0.25, -0.2) is 10.0 Å². The van der Waals surface area contributed by atoms with E-state index in [1.165, 1.54) is 23.8 Å². The second kappa shape index (κ2) is 13.7. The number of hydrogen-bond donors (Lipinski definition) is 5. The van der Waals surface area contributed by atoms with Crippen LogP contribution in [-0.2, 0) is 39.9 Å². The molecule has 3 saturated carbocycles. The van der Waals surface area contributed by atoms with Gasteiger partial charge in [0.2, 0.25) is 17.4 Å². The monoisotopic (exact) mass is 670 g/mol. The highest BCUT2D eigenvalue weighted by atomic mass is 16.8. The van der Waals surface area contributed by atoms with E-state index in [0.717, 1.165) is 32.8 Å². The van der Waals surface area contributed by atoms with Crippen LogP contribution in [0.15, 0.2) is 29.8 Å². The molecule has 4 aliphatic carbocycles. The molecule has 4 aliphatic rings. The average molecular weight is 671 g/mol. The Bertz CT molecular complexity index is 1510. The number of methoxy groups -OCH3 is 1. The van der Waals surface area contributed by atoms with E-state index < -0.39 is 58.3 Å². The molecule has 0 aliphatic heterocycles. The van der Waals surface area contributed by atoms with Crippen LogP contribution in [0.25, 0.3) is 0 Å². The number of allylic oxidation sites excluding steroid dienone is 1. The molecule has 1 aromatic carbocycles. The quantitative estimate of drug-likeness (QED) is 0.131. The van der Waals surface area contributed by atoms with E-state index in [1.807, 2.05) is 13.0 Å². The smallest absolute Gasteiger partial charge is 0.328 e. The highest BCUT2D eigenvalue weighted by Crippen LogP contribution is 2.67. The molecule has 13 heteroatoms. The number of ether oxygens (including phenoxy) is 2. The molecule has 48 heavy (non-hydrogen) atoms. The van der Waals surface area contributed by atoms with E-state index in [-0.39, 0.29) is 48.5 Å². The largest absolute Gasteiger partial charge is 0.595 e. The molecule has 1 amide bonds. The summed E-state index contributed by atoms with van der Waals surface area (Å²) in [6.45, 7) is 3.65. The molecule has 3 fully saturated rings. The zero-order valence-electron chi connectivity index (χ0n) is 27.7. The first kappa shape index (κ1) is 35.7. The van der Waals surface area contributed by atoms with Crippen LogP contribution in [0.4, 0.5) is 5.69 Å². The number of carbonyl (C=O) groups is 5. The molecule has 0 saturated heterocycles. The van der Waals surface area contributed by atoms with Crippen LogP contribution in [0, 0.1) is 33.8 Å². The summed E-state index contributed by atoms with van der Waals surface area (Å²) < 4.78 is 9.99. The molecular weight excluding hydrogens is 624 g/mol. The number of carbonyl (C=O) groups excluding carboxylic acids is 5. The predicted octanol–water partition coefficient (Wildman–Crippen LogP) is 2.15. The number of aromatic hydroxyl groups is 1. The Kier molecular flexibility index (Phi) is 10.2. The molecule has 5 unspecified atom stereocenters. The Morgan fingerprint density at radius 1 is 1.06 bits per heavy atom. The number of rotatable bonds is 11. The number of quaternary nitrogens is 1. The molecular formula is C35H46N2O11. The van der Waals surface area contributed by atoms with E-state index in [4.69, 9.17) is 9.47 Å². The zero-order valence-corrected chi connectivity index (χ0v) is 27.7. The Morgan fingerprint density at radius 3 is 2.50 bits per heavy atom. The minimum Gasteiger partial charge on any atom is -0.595 e. The third-order valence-corrected chi connectivity index (χ3v) is 12.0. The lowest BCUT2D eigenvalue weighted by Gasteiger charge is -2.58. The third-order valence-electron chi connectivity index (χ3n) is 12.0. The number of hydrogen-bond acceptors (Lipinski definition) is 11. The van der Waals surface area contributed by atoms with Crippen molar-refractivity contribution in [3.8, 4) is 5.75 Å². The number of phenols is 1. The molecule has 0 aromatic heterocycles. The summed E-state index contributed by atoms with van der Waals surface area (Å²) in [5.41, 5.74) is -1.10. The Morgan fingerprint density at radius 2 is 1.79 bits per heavy atom. The fourth-order valence-corrected chi connectivity index (χ4v) is 9.31. The molecule has 8 atom stereocenters. The summed E-state index contributed by atoms with van der Waals surface area (Å²) in [5, 5.41) is 43.3. The molecule has 0 heterocycles. The zero-order chi connectivity index (χ0) is 35.0. The number of fused-ring (bicyclic) bond motifs is 5. The number of amides is 1. The van der Waals surface area contributed by atoms with Crippen LogP contribution in [0.1, 0.15) is 83.6 Å². The summed E-state index contributed by atoms with van der Waals surface area (Å²) in [6.07, 6.45) is 6.67. The number of aliphatic hydroxyl groups is 1. The highest BCUT2D eigenvalue weighted by molar-refractivity contribution is 5.92. The van der Waals surface area contributed by atoms with Gasteiger partial charge in [0.1, 0.15) is 11.6 Å². The minimum absolute atomic E-state index is 0.0308. The molecule has 13 nitrogen and oxygen atoms in total. The number of benzene rings is 1. The second-order valence-corrected chi connectivity index (χ2v) is 14.4. The van der Waals surface area contributed by atoms with E-state index in [2.05, 4.69) is 12.2 Å². The standard InChI is InChI=1S/C35H46N2O11/c1-33-13-10-22(38)18-21(33)5-6-23-24(33)11-14-34(2)25(23)12-15-35(34,44)29(40)19-48-31(42)9-8-30(41)36-26(32(43)47-3)16-20-4-7-28(39)27(17-20)37(45)46/h4,7,17-18,23-26,37,39,44-45H,5-6,8-16,19H2,1-3H3,(H,36,41)/t23?,24?,25?,26?,33-,34-,35-/m0/s1. The van der Waals surface area contributed by atoms with Gasteiger partial charge in [-0.2, -0.15) is 5.23 Å². The van der Waals surface area contributed by atoms with Crippen molar-refractivity contribution in [2.24, 2.45) is 28.6 Å². The lowest BCUT2D eigenvalue weighted by molar-refractivity contribution is -0.991. The second-order valence-electron chi connectivity index (χ2n) is 14.4. The van der Waals surface area contributed by atoms with Gasteiger partial charge < -0.3 is 30.2 Å². The van der Waals surface area contributed by atoms with Crippen LogP contribution in [0.3, 0.4) is 0 Å². The predicted molar refractivity (Wildman–Crippen MR) is 168 cm³/mol. The van der Waals surface area contributed by atoms with Crippen molar-refractivity contribution >= 4 is 35.1 Å². The van der Waals surface area contributed by atoms with E-state index in [1.54, 1.807) is 0 Å². The normalized spacial score (nSPS) is 32.1. The number of esters is 2. The maximum absolute atomic E-state index is 13.5. The number of ketones is 2. The molecule has 1 aromatic rings. The fourth-order valence-electron chi connectivity index (χ4n) is 9.31. The Hall–Kier alpha value is -3.65. The molecule has 5 rings (SSSR count). The van der Waals surface area contributed by atoms with E-state index >= 15 is 0 Å². The molecule has 5 N–H and O–H groups in total. The maximum Gasteiger partial charge on any atom is 0.328 e. The number of phenolic OH excluding ortho intramolecular Hbond substituents is 1. The first-order chi connectivity index (χ1) is 22.6. The fraction of sp³-hybridized carbons (Fsp3) is 0.629. The number of Topliss-reactive ketones (excluding diaryl/α,β-unsaturated/α-hetero) is 1. The van der Waals surface area contributed by atoms with Gasteiger partial charge in [0.05, 0.1) is 13.5 Å². The van der Waals surface area contributed by atoms with Gasteiger partial charge in [0.15, 0.2) is 18.1 Å². The van der Waals surface area contributed by atoms with Crippen molar-refractivity contribution < 1.29 is 54.1 Å². The number of nitrogens with one attached hydrogen (secondary N) is 2. The topological polar surface area (TPSA) is 204 Å². The van der Waals surface area contributed by atoms with Crippen molar-refractivity contribution in [2.75, 3.05) is 13.7 Å². The SMILES string of the molecule is COC(=O)C(Cc1ccc(O)c([NH+]([O-])O)c1)NC(=O)CCC(=O)OCC(=O)[C@@]1(O)CCC2C3CCC4=CC(=O)CC[C@]4(C)C3CC[C@@]21C. The van der Waals surface area contributed by atoms with Crippen molar-refractivity contribution in [2.45, 2.75) is 96.1 Å². The maximum atomic E-state index is 13.5. The summed E-state index contributed by atoms with van der Waals surface area (Å²) in [7, 11) is 1.13. The first-order valence-electron chi connectivity index (χ1n) is 16.7. The minimum atomic E-state index is -1.64. The highest BCUT2D eigenvalue weighted by Gasteiger charge is 2.66. The molecule has 262 valence electrons. The summed E-state index contributed by atoms with van der Waals surface area (Å²) >= 11 is 0. The lowest BCUT2D eigenvalue weighted by Crippen LogP contribution is -2.99. The average Bonchev–Trinajstić information content (AvgIpc) is 3.34. The van der Waals surface area contributed by atoms with Gasteiger partial charge in [-0.15, -0.1) is 0 Å². The first-order valence-corrected chi connectivity index (χ1v) is 16.7. The van der Waals surface area contributed by atoms with Gasteiger partial charge in [-0.3, -0.25) is 19.2 Å². The Balaban J connectivity index is 1.14. The van der Waals surface area contributed by atoms with Gasteiger partial charge in [-0.1, -0.05) is 25.5 Å². The van der Waals surface area contributed by atoms with Gasteiger partial charge in [-0.05, 0) is 85.8 Å². The van der Waals surface area contributed by atoms with Crippen LogP contribution >= 0.6 is 0 Å². The van der Waals surface area contributed by atoms with E-state index in [0.29, 0.717) is 36.7 Å². The van der Waals surface area contributed by atoms with Crippen LogP contribution in [0.5, 0.6) is 5.75 Å². The summed E-state index contributed by atoms with van der Waals surface area (Å²) in [4.78, 5) is 63.2. The molecule has 0 radical (unpaired) electrons. The third kappa shape index (κ3) is 6.52. The van der Waals surface area contributed by atoms with Gasteiger partial charge >= 0.3 is 11.9 Å². The van der Waals surface area contributed by atoms with E-state index in [9.17, 15) is 44.6 Å². The van der Waals surface area contributed by atoms with Crippen molar-refractivity contribution in [1.29, 1.82) is 0 Å². The van der Waals surface area contributed by atoms with Gasteiger partial charge in [0.25, 0.3) is 0 Å². The summed E-state index contributed by atoms with van der Waals surface area (Å²) in [5.74, 6) is -2.19. The van der Waals surface area contributed by atoms with Crippen LogP contribution in [0.2, 0.25) is 0 Å². The van der Waals surface area contributed by atoms with Crippen molar-refractivity contribution in [3.05, 3.63) is 40.6 Å². The lowest BCUT2D eigenvalue weighted by atomic mass is 9.46. The van der Waals surface area contributed by atoms with Crippen molar-refractivity contribution in [3.63, 3.8) is 0 Å². The molecule has 0 spiro atoms. The molecule has 0 bridgehead atoms. The van der Waals surface area contributed by atoms with Crippen LogP contribution in [-0.4, -0.2) is 70.2 Å². The van der Waals surface area contributed by atoms with Gasteiger partial charge in [0, 0.05) is 30.7 Å². The summed E-state index contributed by atoms with van der Waals surface area (Å²) in [6, 6.07) is 2.57. The van der Waals surface area contributed by atoms with Crippen LogP contribution < -0.4 is 10.5 Å². The van der Waals surface area contributed by atoms with Crippen molar-refractivity contribution in [1.82, 2.24) is 5.32 Å².